The molecule has 120 valence electrons. The number of carbonyl (C=O) groups excluding carboxylic acids is 1. The van der Waals surface area contributed by atoms with Gasteiger partial charge in [0.25, 0.3) is 11.5 Å². The summed E-state index contributed by atoms with van der Waals surface area (Å²) in [7, 11) is 0. The second-order valence-corrected chi connectivity index (χ2v) is 5.28. The van der Waals surface area contributed by atoms with E-state index in [9.17, 15) is 9.59 Å². The lowest BCUT2D eigenvalue weighted by Crippen LogP contribution is -2.18. The van der Waals surface area contributed by atoms with Gasteiger partial charge < -0.3 is 14.8 Å². The van der Waals surface area contributed by atoms with Gasteiger partial charge in [-0.05, 0) is 26.0 Å². The van der Waals surface area contributed by atoms with Crippen molar-refractivity contribution in [1.29, 1.82) is 0 Å². The van der Waals surface area contributed by atoms with Crippen LogP contribution in [0.2, 0.25) is 0 Å². The molecule has 1 atom stereocenters. The Hall–Kier alpha value is -2.83. The maximum absolute atomic E-state index is 12.3. The van der Waals surface area contributed by atoms with Gasteiger partial charge in [0.1, 0.15) is 23.3 Å². The number of ether oxygens (including phenoxy) is 2. The van der Waals surface area contributed by atoms with Gasteiger partial charge in [0.05, 0.1) is 12.3 Å². The predicted octanol–water partition coefficient (Wildman–Crippen LogP) is 1.74. The molecule has 0 unspecified atom stereocenters. The second-order valence-electron chi connectivity index (χ2n) is 5.28. The van der Waals surface area contributed by atoms with E-state index in [4.69, 9.17) is 9.47 Å². The molecule has 0 spiro atoms. The number of hydrogen-bond donors (Lipinski definition) is 2. The third-order valence-electron chi connectivity index (χ3n) is 3.46. The molecule has 1 aromatic heterocycles. The molecule has 0 bridgehead atoms. The van der Waals surface area contributed by atoms with E-state index in [0.29, 0.717) is 18.0 Å². The number of aromatic amines is 1. The van der Waals surface area contributed by atoms with Crippen molar-refractivity contribution >= 4 is 11.6 Å². The number of fused-ring (bicyclic) bond motifs is 1. The van der Waals surface area contributed by atoms with Gasteiger partial charge in [-0.2, -0.15) is 5.10 Å². The molecule has 1 aromatic carbocycles. The lowest BCUT2D eigenvalue weighted by Gasteiger charge is -2.13. The molecule has 1 aliphatic rings. The Morgan fingerprint density at radius 1 is 1.48 bits per heavy atom. The molecule has 7 heteroatoms. The lowest BCUT2D eigenvalue weighted by atomic mass is 10.1. The molecule has 0 fully saturated rings. The summed E-state index contributed by atoms with van der Waals surface area (Å²) >= 11 is 0. The Balaban J connectivity index is 1.89. The highest BCUT2D eigenvalue weighted by molar-refractivity contribution is 6.03. The number of benzene rings is 1. The van der Waals surface area contributed by atoms with Crippen LogP contribution in [0.3, 0.4) is 0 Å². The summed E-state index contributed by atoms with van der Waals surface area (Å²) in [6.45, 7) is 4.35. The van der Waals surface area contributed by atoms with E-state index in [1.807, 2.05) is 19.9 Å². The van der Waals surface area contributed by atoms with Crippen molar-refractivity contribution in [2.75, 3.05) is 11.9 Å². The van der Waals surface area contributed by atoms with Crippen LogP contribution in [-0.2, 0) is 6.42 Å². The van der Waals surface area contributed by atoms with Crippen LogP contribution in [0.1, 0.15) is 29.9 Å². The Labute approximate surface area is 132 Å². The Bertz CT molecular complexity index is 780. The summed E-state index contributed by atoms with van der Waals surface area (Å²) in [4.78, 5) is 23.3. The van der Waals surface area contributed by atoms with Crippen LogP contribution in [-0.4, -0.2) is 28.8 Å². The largest absolute Gasteiger partial charge is 0.492 e. The first-order valence-electron chi connectivity index (χ1n) is 7.40. The van der Waals surface area contributed by atoms with E-state index in [2.05, 4.69) is 15.5 Å². The van der Waals surface area contributed by atoms with Gasteiger partial charge in [0.2, 0.25) is 0 Å². The van der Waals surface area contributed by atoms with E-state index in [-0.39, 0.29) is 17.4 Å². The van der Waals surface area contributed by atoms with Gasteiger partial charge in [-0.15, -0.1) is 0 Å². The summed E-state index contributed by atoms with van der Waals surface area (Å²) in [5.41, 5.74) is 1.32. The molecule has 0 saturated carbocycles. The highest BCUT2D eigenvalue weighted by Gasteiger charge is 2.23. The number of aromatic nitrogens is 2. The number of rotatable bonds is 4. The fourth-order valence-electron chi connectivity index (χ4n) is 2.47. The Kier molecular flexibility index (Phi) is 4.01. The Morgan fingerprint density at radius 2 is 2.30 bits per heavy atom. The van der Waals surface area contributed by atoms with E-state index in [0.717, 1.165) is 17.7 Å². The first-order valence-corrected chi connectivity index (χ1v) is 7.40. The van der Waals surface area contributed by atoms with E-state index in [1.165, 1.54) is 12.1 Å². The van der Waals surface area contributed by atoms with Crippen molar-refractivity contribution in [1.82, 2.24) is 10.2 Å². The van der Waals surface area contributed by atoms with Crippen molar-refractivity contribution < 1.29 is 14.3 Å². The van der Waals surface area contributed by atoms with Crippen LogP contribution >= 0.6 is 0 Å². The zero-order valence-electron chi connectivity index (χ0n) is 12.9. The summed E-state index contributed by atoms with van der Waals surface area (Å²) in [6, 6.07) is 6.25. The van der Waals surface area contributed by atoms with E-state index in [1.54, 1.807) is 6.07 Å². The molecule has 1 amide bonds. The lowest BCUT2D eigenvalue weighted by molar-refractivity contribution is 0.102. The average Bonchev–Trinajstić information content (AvgIpc) is 2.87. The molecule has 7 nitrogen and oxygen atoms in total. The highest BCUT2D eigenvalue weighted by atomic mass is 16.5. The predicted molar refractivity (Wildman–Crippen MR) is 84.2 cm³/mol. The van der Waals surface area contributed by atoms with Gasteiger partial charge in [-0.25, -0.2) is 5.10 Å². The molecule has 0 aliphatic carbocycles. The third kappa shape index (κ3) is 3.18. The van der Waals surface area contributed by atoms with Crippen molar-refractivity contribution in [2.45, 2.75) is 26.4 Å². The quantitative estimate of drug-likeness (QED) is 0.896. The van der Waals surface area contributed by atoms with Crippen LogP contribution < -0.4 is 20.3 Å². The number of hydrogen-bond acceptors (Lipinski definition) is 5. The summed E-state index contributed by atoms with van der Waals surface area (Å²) in [5, 5.41) is 8.69. The first kappa shape index (κ1) is 15.1. The van der Waals surface area contributed by atoms with E-state index >= 15 is 0 Å². The van der Waals surface area contributed by atoms with Crippen molar-refractivity contribution in [3.63, 3.8) is 0 Å². The molecule has 3 rings (SSSR count). The molecule has 0 radical (unpaired) electrons. The molecule has 0 saturated heterocycles. The highest BCUT2D eigenvalue weighted by Crippen LogP contribution is 2.38. The topological polar surface area (TPSA) is 93.3 Å². The van der Waals surface area contributed by atoms with Gasteiger partial charge >= 0.3 is 0 Å². The average molecular weight is 315 g/mol. The van der Waals surface area contributed by atoms with E-state index < -0.39 is 5.91 Å². The maximum atomic E-state index is 12.3. The van der Waals surface area contributed by atoms with Crippen molar-refractivity contribution in [2.24, 2.45) is 0 Å². The molecule has 23 heavy (non-hydrogen) atoms. The smallest absolute Gasteiger partial charge is 0.276 e. The molecule has 1 aliphatic heterocycles. The van der Waals surface area contributed by atoms with Crippen LogP contribution in [0.4, 0.5) is 5.69 Å². The van der Waals surface area contributed by atoms with Gasteiger partial charge in [0.15, 0.2) is 0 Å². The number of H-pyrrole nitrogens is 1. The monoisotopic (exact) mass is 315 g/mol. The van der Waals surface area contributed by atoms with Crippen LogP contribution in [0.5, 0.6) is 11.5 Å². The summed E-state index contributed by atoms with van der Waals surface area (Å²) in [6.07, 6.45) is 0.914. The van der Waals surface area contributed by atoms with Crippen LogP contribution in [0.15, 0.2) is 29.1 Å². The molecule has 2 heterocycles. The first-order chi connectivity index (χ1) is 11.1. The zero-order valence-corrected chi connectivity index (χ0v) is 12.9. The number of carbonyl (C=O) groups is 1. The standard InChI is InChI=1S/C16H17N3O4/c1-3-22-14-7-10-6-9(2)23-13(10)8-12(14)17-16(21)11-4-5-15(20)19-18-11/h4-5,7-9H,3,6H2,1-2H3,(H,17,21)(H,19,20)/t9-/m0/s1. The summed E-state index contributed by atoms with van der Waals surface area (Å²) in [5.74, 6) is 0.889. The number of nitrogens with zero attached hydrogens (tertiary/aromatic N) is 1. The minimum absolute atomic E-state index is 0.103. The fourth-order valence-corrected chi connectivity index (χ4v) is 2.47. The molecular weight excluding hydrogens is 298 g/mol. The fraction of sp³-hybridized carbons (Fsp3) is 0.312. The minimum Gasteiger partial charge on any atom is -0.492 e. The van der Waals surface area contributed by atoms with Gasteiger partial charge in [-0.1, -0.05) is 0 Å². The molecule has 2 aromatic rings. The SMILES string of the molecule is CCOc1cc2c(cc1NC(=O)c1ccc(=O)[nH]n1)O[C@@H](C)C2. The third-order valence-corrected chi connectivity index (χ3v) is 3.46. The minimum atomic E-state index is -0.437. The number of nitrogens with one attached hydrogen (secondary N) is 2. The molecular formula is C16H17N3O4. The van der Waals surface area contributed by atoms with Crippen molar-refractivity contribution in [3.05, 3.63) is 45.9 Å². The summed E-state index contributed by atoms with van der Waals surface area (Å²) < 4.78 is 11.3. The zero-order chi connectivity index (χ0) is 16.4. The maximum Gasteiger partial charge on any atom is 0.276 e. The number of anilines is 1. The van der Waals surface area contributed by atoms with Crippen LogP contribution in [0.25, 0.3) is 0 Å². The van der Waals surface area contributed by atoms with Crippen molar-refractivity contribution in [3.8, 4) is 11.5 Å². The molecule has 2 N–H and O–H groups in total. The van der Waals surface area contributed by atoms with Gasteiger partial charge in [0, 0.05) is 24.1 Å². The van der Waals surface area contributed by atoms with Gasteiger partial charge in [-0.3, -0.25) is 9.59 Å². The second kappa shape index (κ2) is 6.12. The Morgan fingerprint density at radius 3 is 3.00 bits per heavy atom. The van der Waals surface area contributed by atoms with Crippen LogP contribution in [0, 0.1) is 0 Å². The normalized spacial score (nSPS) is 15.7. The number of amides is 1.